The standard InChI is InChI=1S/C8H18BN/c1-8(2)9-6-4-5-7-10(9)3/h8H,4-7H2,1-3H3. The fraction of sp³-hybridized carbons (Fsp3) is 1.00. The van der Waals surface area contributed by atoms with E-state index in [2.05, 4.69) is 25.7 Å². The fourth-order valence-corrected chi connectivity index (χ4v) is 1.94. The summed E-state index contributed by atoms with van der Waals surface area (Å²) in [7, 11) is 2.25. The van der Waals surface area contributed by atoms with E-state index in [-0.39, 0.29) is 0 Å². The van der Waals surface area contributed by atoms with Gasteiger partial charge in [0.25, 0.3) is 0 Å². The van der Waals surface area contributed by atoms with Crippen LogP contribution < -0.4 is 0 Å². The Morgan fingerprint density at radius 1 is 1.30 bits per heavy atom. The van der Waals surface area contributed by atoms with Crippen LogP contribution in [0.3, 0.4) is 0 Å². The molecular weight excluding hydrogens is 121 g/mol. The minimum Gasteiger partial charge on any atom is -0.344 e. The highest BCUT2D eigenvalue weighted by Gasteiger charge is 2.25. The first-order valence-corrected chi connectivity index (χ1v) is 4.42. The summed E-state index contributed by atoms with van der Waals surface area (Å²) in [6.45, 7) is 6.82. The second-order valence-corrected chi connectivity index (χ2v) is 3.79. The van der Waals surface area contributed by atoms with E-state index in [1.807, 2.05) is 0 Å². The minimum absolute atomic E-state index is 0.838. The van der Waals surface area contributed by atoms with Crippen LogP contribution >= 0.6 is 0 Å². The third kappa shape index (κ3) is 1.75. The van der Waals surface area contributed by atoms with Gasteiger partial charge in [0.15, 0.2) is 0 Å². The minimum atomic E-state index is 0.838. The van der Waals surface area contributed by atoms with E-state index >= 15 is 0 Å². The summed E-state index contributed by atoms with van der Waals surface area (Å²) >= 11 is 0. The third-order valence-electron chi connectivity index (χ3n) is 2.60. The molecule has 1 nitrogen and oxygen atoms in total. The molecule has 1 aliphatic rings. The normalized spacial score (nSPS) is 22.2. The molecule has 0 aromatic carbocycles. The van der Waals surface area contributed by atoms with Crippen LogP contribution in [0, 0.1) is 0 Å². The summed E-state index contributed by atoms with van der Waals surface area (Å²) < 4.78 is 0. The van der Waals surface area contributed by atoms with Gasteiger partial charge in [-0.2, -0.15) is 0 Å². The molecule has 58 valence electrons. The molecule has 0 spiro atoms. The predicted octanol–water partition coefficient (Wildman–Crippen LogP) is 2.11. The molecule has 0 bridgehead atoms. The average molecular weight is 139 g/mol. The molecule has 1 heterocycles. The molecule has 1 rings (SSSR count). The maximum Gasteiger partial charge on any atom is 0.225 e. The summed E-state index contributed by atoms with van der Waals surface area (Å²) in [6.07, 6.45) is 4.25. The highest BCUT2D eigenvalue weighted by atomic mass is 15.0. The van der Waals surface area contributed by atoms with Crippen molar-refractivity contribution in [1.29, 1.82) is 0 Å². The van der Waals surface area contributed by atoms with E-state index in [4.69, 9.17) is 0 Å². The Bertz CT molecular complexity index is 103. The highest BCUT2D eigenvalue weighted by Crippen LogP contribution is 2.21. The van der Waals surface area contributed by atoms with Gasteiger partial charge in [-0.25, -0.2) is 0 Å². The second kappa shape index (κ2) is 3.43. The summed E-state index contributed by atoms with van der Waals surface area (Å²) in [5, 5.41) is 0. The van der Waals surface area contributed by atoms with E-state index < -0.39 is 0 Å². The summed E-state index contributed by atoms with van der Waals surface area (Å²) in [5.74, 6) is 0.838. The van der Waals surface area contributed by atoms with Crippen molar-refractivity contribution >= 4 is 6.85 Å². The zero-order chi connectivity index (χ0) is 7.56. The van der Waals surface area contributed by atoms with Crippen molar-refractivity contribution in [2.45, 2.75) is 38.8 Å². The molecule has 0 radical (unpaired) electrons. The van der Waals surface area contributed by atoms with E-state index in [9.17, 15) is 0 Å². The molecule has 1 fully saturated rings. The monoisotopic (exact) mass is 139 g/mol. The van der Waals surface area contributed by atoms with Crippen molar-refractivity contribution in [3.8, 4) is 0 Å². The highest BCUT2D eigenvalue weighted by molar-refractivity contribution is 6.57. The van der Waals surface area contributed by atoms with Gasteiger partial charge in [0, 0.05) is 0 Å². The van der Waals surface area contributed by atoms with Gasteiger partial charge in [-0.1, -0.05) is 32.4 Å². The lowest BCUT2D eigenvalue weighted by Gasteiger charge is -2.32. The number of nitrogens with zero attached hydrogens (tertiary/aromatic N) is 1. The molecule has 10 heavy (non-hydrogen) atoms. The zero-order valence-corrected chi connectivity index (χ0v) is 7.43. The molecular formula is C8H18BN. The van der Waals surface area contributed by atoms with Gasteiger partial charge in [-0.3, -0.25) is 0 Å². The maximum absolute atomic E-state index is 2.51. The number of hydrogen-bond acceptors (Lipinski definition) is 1. The summed E-state index contributed by atoms with van der Waals surface area (Å²) in [6, 6.07) is 0. The quantitative estimate of drug-likeness (QED) is 0.503. The summed E-state index contributed by atoms with van der Waals surface area (Å²) in [4.78, 5) is 2.51. The van der Waals surface area contributed by atoms with Crippen LogP contribution in [0.4, 0.5) is 0 Å². The molecule has 0 amide bonds. The van der Waals surface area contributed by atoms with Gasteiger partial charge in [0.2, 0.25) is 6.85 Å². The van der Waals surface area contributed by atoms with Crippen molar-refractivity contribution in [2.24, 2.45) is 0 Å². The van der Waals surface area contributed by atoms with Crippen LogP contribution in [0.15, 0.2) is 0 Å². The first-order valence-electron chi connectivity index (χ1n) is 4.42. The van der Waals surface area contributed by atoms with Crippen molar-refractivity contribution < 1.29 is 0 Å². The lowest BCUT2D eigenvalue weighted by molar-refractivity contribution is 0.454. The molecule has 0 aromatic rings. The first kappa shape index (κ1) is 8.12. The van der Waals surface area contributed by atoms with Crippen molar-refractivity contribution in [2.75, 3.05) is 13.6 Å². The van der Waals surface area contributed by atoms with Gasteiger partial charge >= 0.3 is 0 Å². The Morgan fingerprint density at radius 3 is 2.40 bits per heavy atom. The first-order chi connectivity index (χ1) is 4.72. The molecule has 0 aromatic heterocycles. The molecule has 1 aliphatic heterocycles. The molecule has 0 unspecified atom stereocenters. The topological polar surface area (TPSA) is 3.24 Å². The Labute approximate surface area is 64.9 Å². The van der Waals surface area contributed by atoms with Crippen molar-refractivity contribution in [3.63, 3.8) is 0 Å². The molecule has 0 atom stereocenters. The molecule has 1 saturated heterocycles. The molecule has 2 heteroatoms. The largest absolute Gasteiger partial charge is 0.344 e. The van der Waals surface area contributed by atoms with Crippen molar-refractivity contribution in [3.05, 3.63) is 0 Å². The van der Waals surface area contributed by atoms with Crippen LogP contribution in [0.1, 0.15) is 26.7 Å². The van der Waals surface area contributed by atoms with Crippen molar-refractivity contribution in [1.82, 2.24) is 4.81 Å². The average Bonchev–Trinajstić information content (AvgIpc) is 1.88. The van der Waals surface area contributed by atoms with E-state index in [1.54, 1.807) is 0 Å². The Kier molecular flexibility index (Phi) is 2.78. The van der Waals surface area contributed by atoms with Gasteiger partial charge in [0.05, 0.1) is 0 Å². The lowest BCUT2D eigenvalue weighted by atomic mass is 9.47. The zero-order valence-electron chi connectivity index (χ0n) is 7.43. The summed E-state index contributed by atoms with van der Waals surface area (Å²) in [5.41, 5.74) is 0. The van der Waals surface area contributed by atoms with Gasteiger partial charge in [-0.05, 0) is 20.0 Å². The van der Waals surface area contributed by atoms with Gasteiger partial charge < -0.3 is 4.81 Å². The van der Waals surface area contributed by atoms with Crippen LogP contribution in [0.5, 0.6) is 0 Å². The third-order valence-corrected chi connectivity index (χ3v) is 2.60. The van der Waals surface area contributed by atoms with Crippen LogP contribution in [-0.4, -0.2) is 25.3 Å². The smallest absolute Gasteiger partial charge is 0.225 e. The Morgan fingerprint density at radius 2 is 2.00 bits per heavy atom. The van der Waals surface area contributed by atoms with E-state index in [0.717, 1.165) is 12.7 Å². The van der Waals surface area contributed by atoms with Gasteiger partial charge in [0.1, 0.15) is 0 Å². The van der Waals surface area contributed by atoms with Crippen LogP contribution in [0.25, 0.3) is 0 Å². The maximum atomic E-state index is 2.51. The van der Waals surface area contributed by atoms with Gasteiger partial charge in [-0.15, -0.1) is 0 Å². The molecule has 0 saturated carbocycles. The predicted molar refractivity (Wildman–Crippen MR) is 47.5 cm³/mol. The number of rotatable bonds is 1. The van der Waals surface area contributed by atoms with E-state index in [0.29, 0.717) is 0 Å². The number of hydrogen-bond donors (Lipinski definition) is 0. The SMILES string of the molecule is CC(C)B1CCCCN1C. The molecule has 0 aliphatic carbocycles. The Hall–Kier alpha value is 0.0249. The van der Waals surface area contributed by atoms with Crippen LogP contribution in [0.2, 0.25) is 12.1 Å². The van der Waals surface area contributed by atoms with E-state index in [1.165, 1.54) is 25.7 Å². The lowest BCUT2D eigenvalue weighted by Crippen LogP contribution is -2.41. The Balaban J connectivity index is 2.40. The molecule has 0 N–H and O–H groups in total. The fourth-order valence-electron chi connectivity index (χ4n) is 1.94. The van der Waals surface area contributed by atoms with Crippen LogP contribution in [-0.2, 0) is 0 Å². The second-order valence-electron chi connectivity index (χ2n) is 3.79.